The van der Waals surface area contributed by atoms with Crippen molar-refractivity contribution in [2.24, 2.45) is 14.1 Å². The van der Waals surface area contributed by atoms with Crippen LogP contribution < -0.4 is 5.32 Å². The summed E-state index contributed by atoms with van der Waals surface area (Å²) >= 11 is 0. The van der Waals surface area contributed by atoms with E-state index in [9.17, 15) is 9.59 Å². The Morgan fingerprint density at radius 1 is 1.14 bits per heavy atom. The zero-order chi connectivity index (χ0) is 20.3. The Hall–Kier alpha value is -3.42. The Bertz CT molecular complexity index is 1000. The summed E-state index contributed by atoms with van der Waals surface area (Å²) in [5.74, 6) is 0.405. The lowest BCUT2D eigenvalue weighted by Gasteiger charge is -2.08. The fourth-order valence-electron chi connectivity index (χ4n) is 2.97. The van der Waals surface area contributed by atoms with Gasteiger partial charge in [-0.2, -0.15) is 0 Å². The van der Waals surface area contributed by atoms with Crippen molar-refractivity contribution >= 4 is 11.9 Å². The Labute approximate surface area is 163 Å². The smallest absolute Gasteiger partial charge is 0.359 e. The first kappa shape index (κ1) is 19.3. The van der Waals surface area contributed by atoms with E-state index in [0.29, 0.717) is 18.8 Å². The van der Waals surface area contributed by atoms with Gasteiger partial charge < -0.3 is 19.2 Å². The standard InChI is InChI=1S/C20H23N5O3/c1-13-22-17(20(27)28-4)18(25(13)3)19(26)21-11-10-16-23-15(12-24(16)2)14-8-6-5-7-9-14/h5-9,12H,10-11H2,1-4H3,(H,21,26). The monoisotopic (exact) mass is 381 g/mol. The van der Waals surface area contributed by atoms with Gasteiger partial charge in [0.25, 0.3) is 5.91 Å². The third kappa shape index (κ3) is 3.80. The molecule has 0 spiro atoms. The lowest BCUT2D eigenvalue weighted by molar-refractivity contribution is 0.0589. The van der Waals surface area contributed by atoms with E-state index >= 15 is 0 Å². The highest BCUT2D eigenvalue weighted by Gasteiger charge is 2.25. The first-order chi connectivity index (χ1) is 13.4. The minimum Gasteiger partial charge on any atom is -0.464 e. The van der Waals surface area contributed by atoms with Crippen molar-refractivity contribution in [1.82, 2.24) is 24.4 Å². The molecule has 8 nitrogen and oxygen atoms in total. The fraction of sp³-hybridized carbons (Fsp3) is 0.300. The van der Waals surface area contributed by atoms with E-state index in [4.69, 9.17) is 4.74 Å². The molecule has 1 aromatic carbocycles. The number of nitrogens with zero attached hydrogens (tertiary/aromatic N) is 4. The number of carbonyl (C=O) groups is 2. The zero-order valence-corrected chi connectivity index (χ0v) is 16.4. The number of rotatable bonds is 6. The first-order valence-electron chi connectivity index (χ1n) is 8.89. The largest absolute Gasteiger partial charge is 0.464 e. The molecule has 2 aromatic heterocycles. The number of hydrogen-bond donors (Lipinski definition) is 1. The average molecular weight is 381 g/mol. The normalized spacial score (nSPS) is 10.7. The summed E-state index contributed by atoms with van der Waals surface area (Å²) in [7, 11) is 4.88. The second kappa shape index (κ2) is 8.08. The van der Waals surface area contributed by atoms with E-state index in [1.807, 2.05) is 48.1 Å². The summed E-state index contributed by atoms with van der Waals surface area (Å²) < 4.78 is 8.25. The minimum absolute atomic E-state index is 0.0170. The summed E-state index contributed by atoms with van der Waals surface area (Å²) in [5, 5.41) is 2.84. The number of ether oxygens (including phenoxy) is 1. The number of nitrogens with one attached hydrogen (secondary N) is 1. The molecule has 0 aliphatic carbocycles. The molecule has 3 rings (SSSR count). The van der Waals surface area contributed by atoms with E-state index in [-0.39, 0.29) is 17.3 Å². The third-order valence-electron chi connectivity index (χ3n) is 4.59. The van der Waals surface area contributed by atoms with Gasteiger partial charge in [-0.3, -0.25) is 4.79 Å². The quantitative estimate of drug-likeness (QED) is 0.659. The van der Waals surface area contributed by atoms with Crippen molar-refractivity contribution in [3.05, 3.63) is 59.6 Å². The van der Waals surface area contributed by atoms with Crippen LogP contribution in [0.5, 0.6) is 0 Å². The van der Waals surface area contributed by atoms with E-state index < -0.39 is 5.97 Å². The van der Waals surface area contributed by atoms with Gasteiger partial charge in [-0.15, -0.1) is 0 Å². The molecule has 0 saturated heterocycles. The van der Waals surface area contributed by atoms with Gasteiger partial charge in [0.15, 0.2) is 5.69 Å². The molecule has 1 amide bonds. The maximum absolute atomic E-state index is 12.6. The van der Waals surface area contributed by atoms with Crippen LogP contribution in [0.1, 0.15) is 32.6 Å². The Morgan fingerprint density at radius 2 is 1.86 bits per heavy atom. The number of aromatic nitrogens is 4. The molecule has 8 heteroatoms. The number of amides is 1. The molecule has 0 unspecified atom stereocenters. The first-order valence-corrected chi connectivity index (χ1v) is 8.89. The van der Waals surface area contributed by atoms with Gasteiger partial charge in [0.05, 0.1) is 12.8 Å². The lowest BCUT2D eigenvalue weighted by Crippen LogP contribution is -2.29. The van der Waals surface area contributed by atoms with Crippen LogP contribution in [0.2, 0.25) is 0 Å². The minimum atomic E-state index is -0.634. The molecule has 0 aliphatic rings. The summed E-state index contributed by atoms with van der Waals surface area (Å²) in [6, 6.07) is 9.92. The Morgan fingerprint density at radius 3 is 2.54 bits per heavy atom. The maximum Gasteiger partial charge on any atom is 0.359 e. The van der Waals surface area contributed by atoms with E-state index in [1.165, 1.54) is 7.11 Å². The predicted molar refractivity (Wildman–Crippen MR) is 104 cm³/mol. The fourth-order valence-corrected chi connectivity index (χ4v) is 2.97. The summed E-state index contributed by atoms with van der Waals surface area (Å²) in [6.45, 7) is 2.10. The predicted octanol–water partition coefficient (Wildman–Crippen LogP) is 1.89. The molecule has 2 heterocycles. The highest BCUT2D eigenvalue weighted by molar-refractivity contribution is 6.03. The number of benzene rings is 1. The molecule has 0 aliphatic heterocycles. The lowest BCUT2D eigenvalue weighted by atomic mass is 10.2. The number of aryl methyl sites for hydroxylation is 2. The van der Waals surface area contributed by atoms with Crippen molar-refractivity contribution in [3.63, 3.8) is 0 Å². The van der Waals surface area contributed by atoms with Crippen LogP contribution in [-0.2, 0) is 25.3 Å². The molecule has 28 heavy (non-hydrogen) atoms. The number of carbonyl (C=O) groups excluding carboxylic acids is 2. The van der Waals surface area contributed by atoms with Crippen LogP contribution in [0.4, 0.5) is 0 Å². The SMILES string of the molecule is COC(=O)c1nc(C)n(C)c1C(=O)NCCc1nc(-c2ccccc2)cn1C. The molecule has 0 atom stereocenters. The Kier molecular flexibility index (Phi) is 5.58. The van der Waals surface area contributed by atoms with Crippen molar-refractivity contribution in [1.29, 1.82) is 0 Å². The second-order valence-corrected chi connectivity index (χ2v) is 6.43. The van der Waals surface area contributed by atoms with Crippen LogP contribution in [-0.4, -0.2) is 44.6 Å². The molecule has 3 aromatic rings. The third-order valence-corrected chi connectivity index (χ3v) is 4.59. The van der Waals surface area contributed by atoms with Gasteiger partial charge in [-0.25, -0.2) is 14.8 Å². The number of esters is 1. The molecule has 146 valence electrons. The van der Waals surface area contributed by atoms with Gasteiger partial charge >= 0.3 is 5.97 Å². The van der Waals surface area contributed by atoms with Gasteiger partial charge in [-0.1, -0.05) is 30.3 Å². The van der Waals surface area contributed by atoms with Crippen molar-refractivity contribution in [2.45, 2.75) is 13.3 Å². The van der Waals surface area contributed by atoms with E-state index in [2.05, 4.69) is 15.3 Å². The number of imidazole rings is 2. The molecular formula is C20H23N5O3. The van der Waals surface area contributed by atoms with Crippen molar-refractivity contribution in [2.75, 3.05) is 13.7 Å². The van der Waals surface area contributed by atoms with Crippen LogP contribution in [0.3, 0.4) is 0 Å². The van der Waals surface area contributed by atoms with Gasteiger partial charge in [0.2, 0.25) is 0 Å². The van der Waals surface area contributed by atoms with Gasteiger partial charge in [-0.05, 0) is 6.92 Å². The number of methoxy groups -OCH3 is 1. The van der Waals surface area contributed by atoms with E-state index in [0.717, 1.165) is 17.1 Å². The zero-order valence-electron chi connectivity index (χ0n) is 16.4. The van der Waals surface area contributed by atoms with Crippen LogP contribution in [0, 0.1) is 6.92 Å². The topological polar surface area (TPSA) is 91.0 Å². The average Bonchev–Trinajstić information content (AvgIpc) is 3.21. The van der Waals surface area contributed by atoms with Crippen LogP contribution in [0.25, 0.3) is 11.3 Å². The van der Waals surface area contributed by atoms with Crippen molar-refractivity contribution in [3.8, 4) is 11.3 Å². The van der Waals surface area contributed by atoms with Crippen molar-refractivity contribution < 1.29 is 14.3 Å². The van der Waals surface area contributed by atoms with Crippen LogP contribution in [0.15, 0.2) is 36.5 Å². The number of hydrogen-bond acceptors (Lipinski definition) is 5. The molecule has 0 bridgehead atoms. The summed E-state index contributed by atoms with van der Waals surface area (Å²) in [4.78, 5) is 33.3. The molecule has 0 radical (unpaired) electrons. The molecule has 0 fully saturated rings. The maximum atomic E-state index is 12.6. The molecule has 0 saturated carbocycles. The van der Waals surface area contributed by atoms with Gasteiger partial charge in [0.1, 0.15) is 17.3 Å². The summed E-state index contributed by atoms with van der Waals surface area (Å²) in [6.07, 6.45) is 2.52. The molecule has 1 N–H and O–H groups in total. The highest BCUT2D eigenvalue weighted by atomic mass is 16.5. The summed E-state index contributed by atoms with van der Waals surface area (Å²) in [5.41, 5.74) is 2.14. The second-order valence-electron chi connectivity index (χ2n) is 6.43. The molecular weight excluding hydrogens is 358 g/mol. The Balaban J connectivity index is 1.69. The highest BCUT2D eigenvalue weighted by Crippen LogP contribution is 2.18. The van der Waals surface area contributed by atoms with E-state index in [1.54, 1.807) is 18.5 Å². The van der Waals surface area contributed by atoms with Crippen LogP contribution >= 0.6 is 0 Å². The van der Waals surface area contributed by atoms with Gasteiger partial charge in [0, 0.05) is 38.8 Å².